The quantitative estimate of drug-likeness (QED) is 0.280. The molecule has 2 aromatic heterocycles. The van der Waals surface area contributed by atoms with E-state index in [9.17, 15) is 14.4 Å². The van der Waals surface area contributed by atoms with Gasteiger partial charge < -0.3 is 20.0 Å². The predicted octanol–water partition coefficient (Wildman–Crippen LogP) is 3.81. The molecule has 1 aliphatic carbocycles. The van der Waals surface area contributed by atoms with Crippen LogP contribution in [0, 0.1) is 5.92 Å². The van der Waals surface area contributed by atoms with Crippen molar-refractivity contribution in [1.82, 2.24) is 30.7 Å². The van der Waals surface area contributed by atoms with Crippen LogP contribution in [0.4, 0.5) is 0 Å². The molecule has 3 rings (SSSR count). The number of amides is 2. The van der Waals surface area contributed by atoms with Gasteiger partial charge in [0.05, 0.1) is 11.6 Å². The largest absolute Gasteiger partial charge is 0.408 e. The average Bonchev–Trinajstić information content (AvgIpc) is 3.32. The Labute approximate surface area is 240 Å². The lowest BCUT2D eigenvalue weighted by Gasteiger charge is -2.37. The number of thioether (sulfide) groups is 1. The minimum absolute atomic E-state index is 0. The van der Waals surface area contributed by atoms with Gasteiger partial charge in [0.25, 0.3) is 17.0 Å². The standard InChI is InChI=1S/C25H36N6O4S.2ClH/c1-17(2)15-19(20(32)22-29-30-24(35-22)36-14-13-31(3)4)27-23(34)25(10-6-5-7-11-25)28-21(33)18-9-8-12-26-16-18;;/h8-9,12,16-17,19H,5-7,10-11,13-15H2,1-4H3,(H,27,34)(H,28,33);2*1H. The van der Waals surface area contributed by atoms with Crippen molar-refractivity contribution in [2.45, 2.75) is 69.2 Å². The number of nitrogens with zero attached hydrogens (tertiary/aromatic N) is 4. The van der Waals surface area contributed by atoms with Crippen LogP contribution in [0.2, 0.25) is 0 Å². The molecule has 2 amide bonds. The van der Waals surface area contributed by atoms with E-state index in [1.807, 2.05) is 32.8 Å². The summed E-state index contributed by atoms with van der Waals surface area (Å²) in [6, 6.07) is 2.50. The van der Waals surface area contributed by atoms with E-state index in [0.717, 1.165) is 31.6 Å². The van der Waals surface area contributed by atoms with Crippen molar-refractivity contribution in [3.63, 3.8) is 0 Å². The first-order valence-electron chi connectivity index (χ1n) is 12.4. The fraction of sp³-hybridized carbons (Fsp3) is 0.600. The summed E-state index contributed by atoms with van der Waals surface area (Å²) < 4.78 is 5.61. The van der Waals surface area contributed by atoms with Gasteiger partial charge in [-0.1, -0.05) is 44.9 Å². The zero-order valence-electron chi connectivity index (χ0n) is 22.3. The van der Waals surface area contributed by atoms with Crippen molar-refractivity contribution in [2.24, 2.45) is 5.92 Å². The summed E-state index contributed by atoms with van der Waals surface area (Å²) in [7, 11) is 3.95. The molecule has 2 aromatic rings. The molecule has 1 unspecified atom stereocenters. The van der Waals surface area contributed by atoms with Crippen LogP contribution < -0.4 is 10.6 Å². The van der Waals surface area contributed by atoms with Crippen LogP contribution in [0.3, 0.4) is 0 Å². The fourth-order valence-corrected chi connectivity index (χ4v) is 5.05. The van der Waals surface area contributed by atoms with Crippen LogP contribution in [-0.2, 0) is 4.79 Å². The molecule has 2 heterocycles. The van der Waals surface area contributed by atoms with Gasteiger partial charge in [0.1, 0.15) is 5.54 Å². The molecule has 212 valence electrons. The molecule has 0 radical (unpaired) electrons. The smallest absolute Gasteiger partial charge is 0.286 e. The molecule has 0 aliphatic heterocycles. The molecule has 2 N–H and O–H groups in total. The summed E-state index contributed by atoms with van der Waals surface area (Å²) in [6.07, 6.45) is 7.07. The van der Waals surface area contributed by atoms with Gasteiger partial charge in [0.15, 0.2) is 0 Å². The molecular formula is C25H38Cl2N6O4S. The lowest BCUT2D eigenvalue weighted by Crippen LogP contribution is -2.62. The average molecular weight is 590 g/mol. The van der Waals surface area contributed by atoms with Gasteiger partial charge in [-0.05, 0) is 51.4 Å². The second-order valence-corrected chi connectivity index (χ2v) is 10.9. The number of halogens is 2. The maximum atomic E-state index is 13.7. The number of carbonyl (C=O) groups excluding carboxylic acids is 3. The molecule has 10 nitrogen and oxygen atoms in total. The van der Waals surface area contributed by atoms with Gasteiger partial charge in [0.2, 0.25) is 11.7 Å². The Balaban J connectivity index is 0.00000361. The molecule has 0 spiro atoms. The highest BCUT2D eigenvalue weighted by Gasteiger charge is 2.43. The Bertz CT molecular complexity index is 1030. The highest BCUT2D eigenvalue weighted by Crippen LogP contribution is 2.29. The molecule has 0 saturated heterocycles. The highest BCUT2D eigenvalue weighted by atomic mass is 35.5. The van der Waals surface area contributed by atoms with Crippen molar-refractivity contribution in [2.75, 3.05) is 26.4 Å². The topological polar surface area (TPSA) is 130 Å². The van der Waals surface area contributed by atoms with E-state index in [2.05, 4.69) is 25.8 Å². The van der Waals surface area contributed by atoms with Gasteiger partial charge >= 0.3 is 0 Å². The lowest BCUT2D eigenvalue weighted by molar-refractivity contribution is -0.129. The van der Waals surface area contributed by atoms with Gasteiger partial charge in [-0.15, -0.1) is 35.0 Å². The zero-order valence-corrected chi connectivity index (χ0v) is 24.7. The van der Waals surface area contributed by atoms with Crippen molar-refractivity contribution in [3.8, 4) is 0 Å². The second-order valence-electron chi connectivity index (χ2n) is 9.88. The van der Waals surface area contributed by atoms with Crippen LogP contribution in [-0.4, -0.2) is 75.7 Å². The van der Waals surface area contributed by atoms with E-state index in [-0.39, 0.29) is 48.4 Å². The maximum absolute atomic E-state index is 13.7. The minimum Gasteiger partial charge on any atom is -0.408 e. The van der Waals surface area contributed by atoms with Crippen LogP contribution in [0.5, 0.6) is 0 Å². The molecule has 0 aromatic carbocycles. The SMILES string of the molecule is CC(C)CC(NC(=O)C1(NC(=O)c2cccnc2)CCCCC1)C(=O)c1nnc(SCCN(C)C)o1.Cl.Cl. The molecular weight excluding hydrogens is 551 g/mol. The number of aromatic nitrogens is 3. The summed E-state index contributed by atoms with van der Waals surface area (Å²) in [5.41, 5.74) is -0.710. The van der Waals surface area contributed by atoms with E-state index in [4.69, 9.17) is 4.42 Å². The van der Waals surface area contributed by atoms with Crippen LogP contribution in [0.25, 0.3) is 0 Å². The summed E-state index contributed by atoms with van der Waals surface area (Å²) in [5.74, 6) is -0.391. The Kier molecular flexibility index (Phi) is 14.3. The van der Waals surface area contributed by atoms with Gasteiger partial charge in [-0.25, -0.2) is 0 Å². The summed E-state index contributed by atoms with van der Waals surface area (Å²) >= 11 is 1.38. The number of Topliss-reactive ketones (excluding diaryl/α,β-unsaturated/α-hetero) is 1. The van der Waals surface area contributed by atoms with Crippen molar-refractivity contribution < 1.29 is 18.8 Å². The summed E-state index contributed by atoms with van der Waals surface area (Å²) in [4.78, 5) is 45.9. The fourth-order valence-electron chi connectivity index (χ4n) is 4.18. The van der Waals surface area contributed by atoms with E-state index >= 15 is 0 Å². The first kappa shape index (κ1) is 33.8. The predicted molar refractivity (Wildman–Crippen MR) is 151 cm³/mol. The Morgan fingerprint density at radius 2 is 1.84 bits per heavy atom. The zero-order chi connectivity index (χ0) is 26.1. The molecule has 1 atom stereocenters. The first-order chi connectivity index (χ1) is 17.2. The minimum atomic E-state index is -1.09. The van der Waals surface area contributed by atoms with Crippen molar-refractivity contribution >= 4 is 54.2 Å². The van der Waals surface area contributed by atoms with Gasteiger partial charge in [-0.2, -0.15) is 0 Å². The Morgan fingerprint density at radius 1 is 1.13 bits per heavy atom. The Morgan fingerprint density at radius 3 is 2.45 bits per heavy atom. The summed E-state index contributed by atoms with van der Waals surface area (Å²) in [6.45, 7) is 4.78. The van der Waals surface area contributed by atoms with Crippen LogP contribution in [0.1, 0.15) is 73.4 Å². The van der Waals surface area contributed by atoms with E-state index < -0.39 is 17.4 Å². The first-order valence-corrected chi connectivity index (χ1v) is 13.4. The van der Waals surface area contributed by atoms with Gasteiger partial charge in [0, 0.05) is 24.7 Å². The van der Waals surface area contributed by atoms with E-state index in [1.54, 1.807) is 18.3 Å². The van der Waals surface area contributed by atoms with Crippen molar-refractivity contribution in [3.05, 3.63) is 36.0 Å². The maximum Gasteiger partial charge on any atom is 0.286 e. The third-order valence-electron chi connectivity index (χ3n) is 6.13. The molecule has 38 heavy (non-hydrogen) atoms. The molecule has 13 heteroatoms. The Hall–Kier alpha value is -2.21. The summed E-state index contributed by atoms with van der Waals surface area (Å²) in [5, 5.41) is 14.1. The van der Waals surface area contributed by atoms with Crippen LogP contribution in [0.15, 0.2) is 34.2 Å². The number of hydrogen-bond acceptors (Lipinski definition) is 9. The highest BCUT2D eigenvalue weighted by molar-refractivity contribution is 7.99. The molecule has 1 aliphatic rings. The number of carbonyl (C=O) groups is 3. The van der Waals surface area contributed by atoms with Gasteiger partial charge in [-0.3, -0.25) is 19.4 Å². The number of hydrogen-bond donors (Lipinski definition) is 2. The van der Waals surface area contributed by atoms with Crippen molar-refractivity contribution in [1.29, 1.82) is 0 Å². The molecule has 1 saturated carbocycles. The third kappa shape index (κ3) is 9.52. The van der Waals surface area contributed by atoms with Crippen LogP contribution >= 0.6 is 36.6 Å². The number of rotatable bonds is 12. The monoisotopic (exact) mass is 588 g/mol. The number of nitrogens with one attached hydrogen (secondary N) is 2. The third-order valence-corrected chi connectivity index (χ3v) is 6.93. The lowest BCUT2D eigenvalue weighted by atomic mass is 9.80. The molecule has 1 fully saturated rings. The number of pyridine rings is 1. The van der Waals surface area contributed by atoms with E-state index in [1.165, 1.54) is 18.0 Å². The van der Waals surface area contributed by atoms with E-state index in [0.29, 0.717) is 30.0 Å². The molecule has 0 bridgehead atoms. The second kappa shape index (κ2) is 16.0. The normalized spacial score (nSPS) is 15.2. The number of ketones is 1.